The molecular weight excluding hydrogens is 302 g/mol. The third-order valence-corrected chi connectivity index (χ3v) is 5.16. The van der Waals surface area contributed by atoms with Gasteiger partial charge in [-0.2, -0.15) is 0 Å². The Kier molecular flexibility index (Phi) is 4.45. The first-order chi connectivity index (χ1) is 10.6. The second kappa shape index (κ2) is 6.34. The molecule has 22 heavy (non-hydrogen) atoms. The van der Waals surface area contributed by atoms with Gasteiger partial charge in [0, 0.05) is 18.7 Å². The molecule has 2 saturated heterocycles. The fourth-order valence-corrected chi connectivity index (χ4v) is 3.82. The summed E-state index contributed by atoms with van der Waals surface area (Å²) in [5, 5.41) is 3.40. The van der Waals surface area contributed by atoms with E-state index < -0.39 is 0 Å². The van der Waals surface area contributed by atoms with Crippen molar-refractivity contribution in [1.29, 1.82) is 0 Å². The van der Waals surface area contributed by atoms with E-state index in [1.807, 2.05) is 0 Å². The zero-order valence-electron chi connectivity index (χ0n) is 12.8. The van der Waals surface area contributed by atoms with Crippen LogP contribution in [-0.4, -0.2) is 43.6 Å². The van der Waals surface area contributed by atoms with Crippen molar-refractivity contribution in [2.45, 2.75) is 25.3 Å². The molecule has 1 aromatic rings. The number of methoxy groups -OCH3 is 1. The first kappa shape index (κ1) is 15.4. The molecule has 2 aliphatic heterocycles. The van der Waals surface area contributed by atoms with Crippen LogP contribution in [0.5, 0.6) is 5.75 Å². The highest BCUT2D eigenvalue weighted by molar-refractivity contribution is 6.33. The van der Waals surface area contributed by atoms with Gasteiger partial charge in [-0.15, -0.1) is 0 Å². The van der Waals surface area contributed by atoms with Crippen LogP contribution >= 0.6 is 11.6 Å². The largest absolute Gasteiger partial charge is 0.496 e. The van der Waals surface area contributed by atoms with E-state index in [0.29, 0.717) is 40.5 Å². The number of rotatable bonds is 4. The molecule has 3 N–H and O–H groups in total. The van der Waals surface area contributed by atoms with Gasteiger partial charge in [0.2, 0.25) is 0 Å². The van der Waals surface area contributed by atoms with Gasteiger partial charge in [0.05, 0.1) is 23.4 Å². The molecule has 5 nitrogen and oxygen atoms in total. The minimum atomic E-state index is -0.157. The van der Waals surface area contributed by atoms with E-state index in [4.69, 9.17) is 22.1 Å². The Morgan fingerprint density at radius 3 is 3.05 bits per heavy atom. The van der Waals surface area contributed by atoms with E-state index in [1.54, 1.807) is 12.1 Å². The number of nitrogens with one attached hydrogen (secondary N) is 1. The van der Waals surface area contributed by atoms with Gasteiger partial charge in [0.15, 0.2) is 0 Å². The summed E-state index contributed by atoms with van der Waals surface area (Å²) >= 11 is 6.02. The van der Waals surface area contributed by atoms with Crippen molar-refractivity contribution < 1.29 is 9.53 Å². The van der Waals surface area contributed by atoms with Crippen LogP contribution in [0.25, 0.3) is 0 Å². The summed E-state index contributed by atoms with van der Waals surface area (Å²) in [5.41, 5.74) is 6.59. The molecule has 1 unspecified atom stereocenters. The van der Waals surface area contributed by atoms with E-state index in [0.717, 1.165) is 13.0 Å². The zero-order chi connectivity index (χ0) is 15.7. The van der Waals surface area contributed by atoms with E-state index in [1.165, 1.54) is 26.5 Å². The van der Waals surface area contributed by atoms with Crippen molar-refractivity contribution in [1.82, 2.24) is 10.2 Å². The maximum atomic E-state index is 12.4. The number of nitrogen functional groups attached to an aromatic ring is 1. The number of hydrogen-bond donors (Lipinski definition) is 2. The fraction of sp³-hybridized carbons (Fsp3) is 0.562. The van der Waals surface area contributed by atoms with Gasteiger partial charge >= 0.3 is 0 Å². The van der Waals surface area contributed by atoms with Crippen LogP contribution in [0.4, 0.5) is 5.69 Å². The Balaban J connectivity index is 1.66. The number of hydrogen-bond acceptors (Lipinski definition) is 4. The van der Waals surface area contributed by atoms with Crippen LogP contribution < -0.4 is 15.8 Å². The highest BCUT2D eigenvalue weighted by atomic mass is 35.5. The summed E-state index contributed by atoms with van der Waals surface area (Å²) < 4.78 is 5.24. The molecule has 6 heteroatoms. The molecule has 0 bridgehead atoms. The SMILES string of the molecule is COc1cc(N)c(Cl)cc1C(=O)NCC1CCN2CCC[C@H]12. The summed E-state index contributed by atoms with van der Waals surface area (Å²) in [6.45, 7) is 3.06. The normalized spacial score (nSPS) is 24.3. The Morgan fingerprint density at radius 1 is 1.45 bits per heavy atom. The molecule has 2 aliphatic rings. The summed E-state index contributed by atoms with van der Waals surface area (Å²) in [6.07, 6.45) is 3.68. The number of ether oxygens (including phenoxy) is 1. The third kappa shape index (κ3) is 2.88. The topological polar surface area (TPSA) is 67.6 Å². The molecular formula is C16H22ClN3O2. The second-order valence-electron chi connectivity index (χ2n) is 6.08. The lowest BCUT2D eigenvalue weighted by Gasteiger charge is -2.20. The molecule has 1 aromatic carbocycles. The Labute approximate surface area is 135 Å². The first-order valence-electron chi connectivity index (χ1n) is 7.75. The zero-order valence-corrected chi connectivity index (χ0v) is 13.5. The molecule has 1 amide bonds. The Bertz CT molecular complexity index is 579. The van der Waals surface area contributed by atoms with Gasteiger partial charge in [-0.25, -0.2) is 0 Å². The fourth-order valence-electron chi connectivity index (χ4n) is 3.66. The average molecular weight is 324 g/mol. The number of fused-ring (bicyclic) bond motifs is 1. The number of benzene rings is 1. The maximum absolute atomic E-state index is 12.4. The highest BCUT2D eigenvalue weighted by Crippen LogP contribution is 2.32. The Morgan fingerprint density at radius 2 is 2.27 bits per heavy atom. The number of nitrogens with zero attached hydrogens (tertiary/aromatic N) is 1. The van der Waals surface area contributed by atoms with Gasteiger partial charge in [-0.1, -0.05) is 11.6 Å². The molecule has 3 rings (SSSR count). The van der Waals surface area contributed by atoms with Crippen LogP contribution in [0.2, 0.25) is 5.02 Å². The average Bonchev–Trinajstić information content (AvgIpc) is 3.10. The number of carbonyl (C=O) groups is 1. The van der Waals surface area contributed by atoms with Gasteiger partial charge < -0.3 is 20.7 Å². The van der Waals surface area contributed by atoms with Crippen LogP contribution in [-0.2, 0) is 0 Å². The molecule has 0 spiro atoms. The maximum Gasteiger partial charge on any atom is 0.255 e. The van der Waals surface area contributed by atoms with Crippen LogP contribution in [0.1, 0.15) is 29.6 Å². The van der Waals surface area contributed by atoms with Crippen molar-refractivity contribution in [2.24, 2.45) is 5.92 Å². The summed E-state index contributed by atoms with van der Waals surface area (Å²) in [7, 11) is 1.52. The van der Waals surface area contributed by atoms with Gasteiger partial charge in [-0.05, 0) is 44.3 Å². The van der Waals surface area contributed by atoms with E-state index in [9.17, 15) is 4.79 Å². The standard InChI is InChI=1S/C16H22ClN3O2/c1-22-15-8-13(18)12(17)7-11(15)16(21)19-9-10-4-6-20-5-2-3-14(10)20/h7-8,10,14H,2-6,9,18H2,1H3,(H,19,21)/t10?,14-/m1/s1. The van der Waals surface area contributed by atoms with Crippen molar-refractivity contribution in [3.63, 3.8) is 0 Å². The number of nitrogens with two attached hydrogens (primary N) is 1. The van der Waals surface area contributed by atoms with E-state index in [2.05, 4.69) is 10.2 Å². The molecule has 0 aromatic heterocycles. The number of anilines is 1. The van der Waals surface area contributed by atoms with Gasteiger partial charge in [0.1, 0.15) is 5.75 Å². The van der Waals surface area contributed by atoms with Crippen LogP contribution in [0.15, 0.2) is 12.1 Å². The second-order valence-corrected chi connectivity index (χ2v) is 6.49. The molecule has 0 saturated carbocycles. The Hall–Kier alpha value is -1.46. The molecule has 0 radical (unpaired) electrons. The van der Waals surface area contributed by atoms with Crippen molar-refractivity contribution in [2.75, 3.05) is 32.5 Å². The lowest BCUT2D eigenvalue weighted by molar-refractivity contribution is 0.0941. The monoisotopic (exact) mass is 323 g/mol. The minimum Gasteiger partial charge on any atom is -0.496 e. The van der Waals surface area contributed by atoms with Gasteiger partial charge in [0.25, 0.3) is 5.91 Å². The third-order valence-electron chi connectivity index (χ3n) is 4.83. The number of amides is 1. The lowest BCUT2D eigenvalue weighted by Crippen LogP contribution is -2.35. The number of halogens is 1. The van der Waals surface area contributed by atoms with Crippen LogP contribution in [0.3, 0.4) is 0 Å². The predicted molar refractivity (Wildman–Crippen MR) is 87.5 cm³/mol. The van der Waals surface area contributed by atoms with E-state index in [-0.39, 0.29) is 5.91 Å². The first-order valence-corrected chi connectivity index (χ1v) is 8.13. The van der Waals surface area contributed by atoms with Crippen LogP contribution in [0, 0.1) is 5.92 Å². The molecule has 2 fully saturated rings. The highest BCUT2D eigenvalue weighted by Gasteiger charge is 2.37. The molecule has 2 heterocycles. The molecule has 2 atom stereocenters. The smallest absolute Gasteiger partial charge is 0.255 e. The van der Waals surface area contributed by atoms with Gasteiger partial charge in [-0.3, -0.25) is 4.79 Å². The summed E-state index contributed by atoms with van der Waals surface area (Å²) in [5.74, 6) is 0.838. The van der Waals surface area contributed by atoms with Crippen molar-refractivity contribution in [3.05, 3.63) is 22.7 Å². The van der Waals surface area contributed by atoms with Crippen molar-refractivity contribution in [3.8, 4) is 5.75 Å². The quantitative estimate of drug-likeness (QED) is 0.833. The van der Waals surface area contributed by atoms with Crippen molar-refractivity contribution >= 4 is 23.2 Å². The van der Waals surface area contributed by atoms with E-state index >= 15 is 0 Å². The molecule has 0 aliphatic carbocycles. The number of carbonyl (C=O) groups excluding carboxylic acids is 1. The summed E-state index contributed by atoms with van der Waals surface area (Å²) in [4.78, 5) is 15.0. The summed E-state index contributed by atoms with van der Waals surface area (Å²) in [6, 6.07) is 3.80. The predicted octanol–water partition coefficient (Wildman–Crippen LogP) is 2.14. The lowest BCUT2D eigenvalue weighted by atomic mass is 9.98. The minimum absolute atomic E-state index is 0.157. The molecule has 120 valence electrons.